The van der Waals surface area contributed by atoms with E-state index in [2.05, 4.69) is 20.8 Å². The van der Waals surface area contributed by atoms with Crippen LogP contribution >= 0.6 is 0 Å². The molecule has 3 rings (SSSR count). The number of nitrogens with zero attached hydrogens (tertiary/aromatic N) is 4. The summed E-state index contributed by atoms with van der Waals surface area (Å²) >= 11 is 0. The standard InChI is InChI=1S/C16H15N5O2/c1-23-15(22)13-8-5-9-14(10-13)17-16-18-19-20-21(16)11-12-6-3-2-4-7-12/h2-10H,11H2,1H3,(H,17,18,20). The molecule has 1 N–H and O–H groups in total. The van der Waals surface area contributed by atoms with Gasteiger partial charge in [-0.1, -0.05) is 41.5 Å². The monoisotopic (exact) mass is 309 g/mol. The summed E-state index contributed by atoms with van der Waals surface area (Å²) in [6, 6.07) is 16.9. The Bertz CT molecular complexity index is 801. The lowest BCUT2D eigenvalue weighted by Crippen LogP contribution is -2.07. The Morgan fingerprint density at radius 1 is 1.17 bits per heavy atom. The first kappa shape index (κ1) is 14.7. The minimum atomic E-state index is -0.391. The Hall–Kier alpha value is -3.22. The molecule has 0 unspecified atom stereocenters. The zero-order chi connectivity index (χ0) is 16.1. The Labute approximate surface area is 132 Å². The summed E-state index contributed by atoms with van der Waals surface area (Å²) < 4.78 is 6.37. The van der Waals surface area contributed by atoms with Gasteiger partial charge in [-0.3, -0.25) is 0 Å². The van der Waals surface area contributed by atoms with Gasteiger partial charge < -0.3 is 10.1 Å². The molecule has 7 heteroatoms. The number of carbonyl (C=O) groups excluding carboxylic acids is 1. The van der Waals surface area contributed by atoms with Crippen molar-refractivity contribution in [3.63, 3.8) is 0 Å². The van der Waals surface area contributed by atoms with Crippen molar-refractivity contribution in [1.29, 1.82) is 0 Å². The first-order valence-corrected chi connectivity index (χ1v) is 7.02. The molecule has 0 aliphatic heterocycles. The zero-order valence-corrected chi connectivity index (χ0v) is 12.5. The van der Waals surface area contributed by atoms with E-state index in [9.17, 15) is 4.79 Å². The SMILES string of the molecule is COC(=O)c1cccc(Nc2nnnn2Cc2ccccc2)c1. The topological polar surface area (TPSA) is 81.9 Å². The lowest BCUT2D eigenvalue weighted by molar-refractivity contribution is 0.0601. The summed E-state index contributed by atoms with van der Waals surface area (Å²) in [5, 5.41) is 14.8. The number of hydrogen-bond donors (Lipinski definition) is 1. The van der Waals surface area contributed by atoms with Crippen LogP contribution in [0.4, 0.5) is 11.6 Å². The van der Waals surface area contributed by atoms with Crippen molar-refractivity contribution in [3.05, 3.63) is 65.7 Å². The number of ether oxygens (including phenoxy) is 1. The van der Waals surface area contributed by atoms with Gasteiger partial charge in [0, 0.05) is 5.69 Å². The molecular formula is C16H15N5O2. The molecule has 0 aliphatic carbocycles. The van der Waals surface area contributed by atoms with Gasteiger partial charge in [0.25, 0.3) is 0 Å². The van der Waals surface area contributed by atoms with Gasteiger partial charge in [-0.15, -0.1) is 0 Å². The van der Waals surface area contributed by atoms with Gasteiger partial charge >= 0.3 is 5.97 Å². The molecule has 0 radical (unpaired) electrons. The highest BCUT2D eigenvalue weighted by atomic mass is 16.5. The van der Waals surface area contributed by atoms with Crippen molar-refractivity contribution in [2.75, 3.05) is 12.4 Å². The Morgan fingerprint density at radius 2 is 2.00 bits per heavy atom. The molecule has 116 valence electrons. The number of methoxy groups -OCH3 is 1. The van der Waals surface area contributed by atoms with Crippen LogP contribution in [0.15, 0.2) is 54.6 Å². The van der Waals surface area contributed by atoms with E-state index >= 15 is 0 Å². The number of hydrogen-bond acceptors (Lipinski definition) is 6. The maximum atomic E-state index is 11.6. The van der Waals surface area contributed by atoms with Crippen molar-refractivity contribution >= 4 is 17.6 Å². The van der Waals surface area contributed by atoms with Crippen LogP contribution in [-0.2, 0) is 11.3 Å². The number of nitrogens with one attached hydrogen (secondary N) is 1. The predicted molar refractivity (Wildman–Crippen MR) is 84.4 cm³/mol. The van der Waals surface area contributed by atoms with Crippen LogP contribution < -0.4 is 5.32 Å². The van der Waals surface area contributed by atoms with E-state index in [0.29, 0.717) is 23.7 Å². The first-order valence-electron chi connectivity index (χ1n) is 7.02. The number of aromatic nitrogens is 4. The molecule has 0 fully saturated rings. The molecule has 0 aliphatic rings. The largest absolute Gasteiger partial charge is 0.465 e. The van der Waals surface area contributed by atoms with Crippen molar-refractivity contribution in [2.24, 2.45) is 0 Å². The second-order valence-corrected chi connectivity index (χ2v) is 4.84. The third-order valence-corrected chi connectivity index (χ3v) is 3.25. The minimum absolute atomic E-state index is 0.391. The number of carbonyl (C=O) groups is 1. The second-order valence-electron chi connectivity index (χ2n) is 4.84. The van der Waals surface area contributed by atoms with Crippen LogP contribution in [0.5, 0.6) is 0 Å². The second kappa shape index (κ2) is 6.69. The molecule has 0 bridgehead atoms. The lowest BCUT2D eigenvalue weighted by Gasteiger charge is -2.08. The summed E-state index contributed by atoms with van der Waals surface area (Å²) in [4.78, 5) is 11.6. The molecule has 3 aromatic rings. The number of tetrazole rings is 1. The van der Waals surface area contributed by atoms with Crippen LogP contribution in [0.3, 0.4) is 0 Å². The van der Waals surface area contributed by atoms with Crippen molar-refractivity contribution < 1.29 is 9.53 Å². The van der Waals surface area contributed by atoms with E-state index < -0.39 is 5.97 Å². The molecule has 7 nitrogen and oxygen atoms in total. The Morgan fingerprint density at radius 3 is 2.78 bits per heavy atom. The summed E-state index contributed by atoms with van der Waals surface area (Å²) in [6.45, 7) is 0.548. The predicted octanol–water partition coefficient (Wildman–Crippen LogP) is 2.25. The maximum Gasteiger partial charge on any atom is 0.337 e. The first-order chi connectivity index (χ1) is 11.3. The maximum absolute atomic E-state index is 11.6. The van der Waals surface area contributed by atoms with Gasteiger partial charge in [-0.25, -0.2) is 9.48 Å². The van der Waals surface area contributed by atoms with Gasteiger partial charge in [-0.05, 0) is 34.2 Å². The average Bonchev–Trinajstić information content (AvgIpc) is 3.02. The Kier molecular flexibility index (Phi) is 4.28. The molecule has 2 aromatic carbocycles. The van der Waals surface area contributed by atoms with Gasteiger partial charge in [0.2, 0.25) is 5.95 Å². The van der Waals surface area contributed by atoms with Crippen LogP contribution in [0.2, 0.25) is 0 Å². The average molecular weight is 309 g/mol. The van der Waals surface area contributed by atoms with Crippen LogP contribution in [0.25, 0.3) is 0 Å². The number of esters is 1. The molecule has 0 atom stereocenters. The zero-order valence-electron chi connectivity index (χ0n) is 12.5. The minimum Gasteiger partial charge on any atom is -0.465 e. The van der Waals surface area contributed by atoms with Crippen LogP contribution in [0.1, 0.15) is 15.9 Å². The number of rotatable bonds is 5. The lowest BCUT2D eigenvalue weighted by atomic mass is 10.2. The molecule has 0 amide bonds. The van der Waals surface area contributed by atoms with Gasteiger partial charge in [0.1, 0.15) is 0 Å². The van der Waals surface area contributed by atoms with E-state index in [4.69, 9.17) is 4.74 Å². The third-order valence-electron chi connectivity index (χ3n) is 3.25. The van der Waals surface area contributed by atoms with E-state index in [0.717, 1.165) is 5.56 Å². The fourth-order valence-corrected chi connectivity index (χ4v) is 2.13. The normalized spacial score (nSPS) is 10.3. The van der Waals surface area contributed by atoms with Crippen molar-refractivity contribution in [2.45, 2.75) is 6.54 Å². The Balaban J connectivity index is 1.79. The number of anilines is 2. The van der Waals surface area contributed by atoms with Gasteiger partial charge in [0.15, 0.2) is 0 Å². The number of benzene rings is 2. The fourth-order valence-electron chi connectivity index (χ4n) is 2.13. The van der Waals surface area contributed by atoms with E-state index in [-0.39, 0.29) is 0 Å². The van der Waals surface area contributed by atoms with Crippen LogP contribution in [0, 0.1) is 0 Å². The van der Waals surface area contributed by atoms with E-state index in [1.165, 1.54) is 7.11 Å². The summed E-state index contributed by atoms with van der Waals surface area (Å²) in [5.74, 6) is 0.105. The third kappa shape index (κ3) is 3.52. The van der Waals surface area contributed by atoms with Crippen molar-refractivity contribution in [3.8, 4) is 0 Å². The highest BCUT2D eigenvalue weighted by Gasteiger charge is 2.09. The van der Waals surface area contributed by atoms with Crippen molar-refractivity contribution in [1.82, 2.24) is 20.2 Å². The molecular weight excluding hydrogens is 294 g/mol. The molecule has 1 heterocycles. The van der Waals surface area contributed by atoms with Gasteiger partial charge in [0.05, 0.1) is 19.2 Å². The van der Waals surface area contributed by atoms with E-state index in [1.807, 2.05) is 36.4 Å². The quantitative estimate of drug-likeness (QED) is 0.728. The fraction of sp³-hybridized carbons (Fsp3) is 0.125. The molecule has 0 spiro atoms. The summed E-state index contributed by atoms with van der Waals surface area (Å²) in [5.41, 5.74) is 2.25. The highest BCUT2D eigenvalue weighted by molar-refractivity contribution is 5.90. The smallest absolute Gasteiger partial charge is 0.337 e. The highest BCUT2D eigenvalue weighted by Crippen LogP contribution is 2.16. The molecule has 23 heavy (non-hydrogen) atoms. The molecule has 1 aromatic heterocycles. The summed E-state index contributed by atoms with van der Waals surface area (Å²) in [6.07, 6.45) is 0. The van der Waals surface area contributed by atoms with Gasteiger partial charge in [-0.2, -0.15) is 0 Å². The molecule has 0 saturated heterocycles. The van der Waals surface area contributed by atoms with Crippen LogP contribution in [-0.4, -0.2) is 33.3 Å². The molecule has 0 saturated carbocycles. The summed E-state index contributed by atoms with van der Waals surface area (Å²) in [7, 11) is 1.35. The van der Waals surface area contributed by atoms with E-state index in [1.54, 1.807) is 22.9 Å².